The second-order valence-corrected chi connectivity index (χ2v) is 6.37. The van der Waals surface area contributed by atoms with Crippen LogP contribution in [-0.2, 0) is 13.0 Å². The Morgan fingerprint density at radius 2 is 1.62 bits per heavy atom. The number of hydrogen-bond donors (Lipinski definition) is 3. The minimum Gasteiger partial charge on any atom is -0.356 e. The molecule has 0 unspecified atom stereocenters. The summed E-state index contributed by atoms with van der Waals surface area (Å²) in [6.07, 6.45) is 0.948. The number of aryl methyl sites for hydroxylation is 2. The summed E-state index contributed by atoms with van der Waals surface area (Å²) in [7, 11) is 3.40. The third kappa shape index (κ3) is 5.92. The molecule has 3 N–H and O–H groups in total. The fourth-order valence-corrected chi connectivity index (χ4v) is 2.86. The number of amides is 1. The number of hydrogen-bond acceptors (Lipinski definition) is 2. The first-order valence-electron chi connectivity index (χ1n) is 8.84. The van der Waals surface area contributed by atoms with E-state index in [1.807, 2.05) is 24.3 Å². The molecular weight excluding hydrogens is 324 g/mol. The zero-order chi connectivity index (χ0) is 18.9. The smallest absolute Gasteiger partial charge is 0.251 e. The number of aliphatic imine (C=N–C) groups is 1. The van der Waals surface area contributed by atoms with Gasteiger partial charge in [0.15, 0.2) is 5.96 Å². The molecular formula is C21H28N4O. The Labute approximate surface area is 155 Å². The Morgan fingerprint density at radius 1 is 0.962 bits per heavy atom. The minimum atomic E-state index is -0.0756. The van der Waals surface area contributed by atoms with Crippen LogP contribution in [0.4, 0.5) is 0 Å². The molecule has 2 rings (SSSR count). The van der Waals surface area contributed by atoms with E-state index < -0.39 is 0 Å². The Morgan fingerprint density at radius 3 is 2.19 bits per heavy atom. The summed E-state index contributed by atoms with van der Waals surface area (Å²) in [5, 5.41) is 9.26. The molecule has 0 radical (unpaired) electrons. The van der Waals surface area contributed by atoms with Gasteiger partial charge in [0, 0.05) is 32.7 Å². The molecule has 0 heterocycles. The second-order valence-electron chi connectivity index (χ2n) is 6.37. The average Bonchev–Trinajstić information content (AvgIpc) is 2.63. The van der Waals surface area contributed by atoms with Crippen LogP contribution in [0.2, 0.25) is 0 Å². The molecule has 0 atom stereocenters. The number of carbonyl (C=O) groups excluding carboxylic acids is 1. The lowest BCUT2D eigenvalue weighted by Crippen LogP contribution is -2.37. The summed E-state index contributed by atoms with van der Waals surface area (Å²) in [4.78, 5) is 15.8. The SMILES string of the molecule is CN=C(NCCc1cc(C)cc(C)c1)NCc1ccc(C(=O)NC)cc1. The minimum absolute atomic E-state index is 0.0756. The van der Waals surface area contributed by atoms with E-state index in [-0.39, 0.29) is 5.91 Å². The lowest BCUT2D eigenvalue weighted by atomic mass is 10.1. The largest absolute Gasteiger partial charge is 0.356 e. The molecule has 0 fully saturated rings. The normalized spacial score (nSPS) is 11.2. The first-order chi connectivity index (χ1) is 12.5. The van der Waals surface area contributed by atoms with Crippen LogP contribution in [0.5, 0.6) is 0 Å². The topological polar surface area (TPSA) is 65.5 Å². The average molecular weight is 352 g/mol. The zero-order valence-corrected chi connectivity index (χ0v) is 16.0. The van der Waals surface area contributed by atoms with Crippen molar-refractivity contribution in [2.45, 2.75) is 26.8 Å². The zero-order valence-electron chi connectivity index (χ0n) is 16.0. The van der Waals surface area contributed by atoms with Gasteiger partial charge in [-0.2, -0.15) is 0 Å². The number of benzene rings is 2. The second kappa shape index (κ2) is 9.61. The van der Waals surface area contributed by atoms with Gasteiger partial charge >= 0.3 is 0 Å². The van der Waals surface area contributed by atoms with E-state index in [9.17, 15) is 4.79 Å². The predicted octanol–water partition coefficient (Wildman–Crippen LogP) is 2.57. The third-order valence-corrected chi connectivity index (χ3v) is 4.11. The van der Waals surface area contributed by atoms with Gasteiger partial charge in [-0.25, -0.2) is 0 Å². The molecule has 2 aromatic rings. The van der Waals surface area contributed by atoms with Crippen LogP contribution in [0, 0.1) is 13.8 Å². The maximum Gasteiger partial charge on any atom is 0.251 e. The Kier molecular flexibility index (Phi) is 7.21. The highest BCUT2D eigenvalue weighted by Crippen LogP contribution is 2.09. The van der Waals surface area contributed by atoms with E-state index in [4.69, 9.17) is 0 Å². The molecule has 0 saturated carbocycles. The number of rotatable bonds is 6. The molecule has 0 bridgehead atoms. The van der Waals surface area contributed by atoms with Gasteiger partial charge in [0.2, 0.25) is 0 Å². The monoisotopic (exact) mass is 352 g/mol. The summed E-state index contributed by atoms with van der Waals surface area (Å²) in [6.45, 7) is 5.72. The highest BCUT2D eigenvalue weighted by atomic mass is 16.1. The molecule has 0 aromatic heterocycles. The van der Waals surface area contributed by atoms with Crippen molar-refractivity contribution in [3.63, 3.8) is 0 Å². The highest BCUT2D eigenvalue weighted by Gasteiger charge is 2.03. The van der Waals surface area contributed by atoms with Gasteiger partial charge in [-0.3, -0.25) is 9.79 Å². The summed E-state index contributed by atoms with van der Waals surface area (Å²) < 4.78 is 0. The van der Waals surface area contributed by atoms with Gasteiger partial charge in [0.1, 0.15) is 0 Å². The summed E-state index contributed by atoms with van der Waals surface area (Å²) in [5.41, 5.74) is 5.67. The number of carbonyl (C=O) groups is 1. The first-order valence-corrected chi connectivity index (χ1v) is 8.84. The lowest BCUT2D eigenvalue weighted by Gasteiger charge is -2.13. The van der Waals surface area contributed by atoms with Crippen LogP contribution in [0.1, 0.15) is 32.6 Å². The van der Waals surface area contributed by atoms with Crippen LogP contribution in [0.3, 0.4) is 0 Å². The Balaban J connectivity index is 1.81. The summed E-state index contributed by atoms with van der Waals surface area (Å²) in [6, 6.07) is 14.2. The van der Waals surface area contributed by atoms with Crippen molar-refractivity contribution in [1.82, 2.24) is 16.0 Å². The molecule has 0 spiro atoms. The van der Waals surface area contributed by atoms with Crippen LogP contribution < -0.4 is 16.0 Å². The molecule has 5 nitrogen and oxygen atoms in total. The van der Waals surface area contributed by atoms with E-state index >= 15 is 0 Å². The number of nitrogens with one attached hydrogen (secondary N) is 3. The van der Waals surface area contributed by atoms with Gasteiger partial charge in [0.05, 0.1) is 0 Å². The standard InChI is InChI=1S/C21H28N4O/c1-15-11-16(2)13-18(12-15)9-10-24-21(23-4)25-14-17-5-7-19(8-6-17)20(26)22-3/h5-8,11-13H,9-10,14H2,1-4H3,(H,22,26)(H2,23,24,25). The molecule has 5 heteroatoms. The van der Waals surface area contributed by atoms with Gasteiger partial charge in [-0.05, 0) is 43.5 Å². The number of nitrogens with zero attached hydrogens (tertiary/aromatic N) is 1. The van der Waals surface area contributed by atoms with Crippen molar-refractivity contribution < 1.29 is 4.79 Å². The van der Waals surface area contributed by atoms with Crippen molar-refractivity contribution in [1.29, 1.82) is 0 Å². The summed E-state index contributed by atoms with van der Waals surface area (Å²) >= 11 is 0. The van der Waals surface area contributed by atoms with Crippen molar-refractivity contribution >= 4 is 11.9 Å². The van der Waals surface area contributed by atoms with E-state index in [1.165, 1.54) is 16.7 Å². The molecule has 1 amide bonds. The summed E-state index contributed by atoms with van der Waals surface area (Å²) in [5.74, 6) is 0.693. The van der Waals surface area contributed by atoms with Gasteiger partial charge in [-0.1, -0.05) is 41.5 Å². The molecule has 0 saturated heterocycles. The third-order valence-electron chi connectivity index (χ3n) is 4.11. The Bertz CT molecular complexity index is 746. The molecule has 0 aliphatic rings. The first kappa shape index (κ1) is 19.5. The van der Waals surface area contributed by atoms with Gasteiger partial charge < -0.3 is 16.0 Å². The molecule has 138 valence electrons. The molecule has 0 aliphatic heterocycles. The highest BCUT2D eigenvalue weighted by molar-refractivity contribution is 5.93. The van der Waals surface area contributed by atoms with Crippen molar-refractivity contribution in [2.75, 3.05) is 20.6 Å². The number of guanidine groups is 1. The van der Waals surface area contributed by atoms with Gasteiger partial charge in [-0.15, -0.1) is 0 Å². The van der Waals surface area contributed by atoms with E-state index in [1.54, 1.807) is 14.1 Å². The van der Waals surface area contributed by atoms with Crippen LogP contribution >= 0.6 is 0 Å². The quantitative estimate of drug-likeness (QED) is 0.553. The molecule has 2 aromatic carbocycles. The maximum absolute atomic E-state index is 11.6. The van der Waals surface area contributed by atoms with Crippen molar-refractivity contribution in [2.24, 2.45) is 4.99 Å². The fourth-order valence-electron chi connectivity index (χ4n) is 2.86. The van der Waals surface area contributed by atoms with Crippen LogP contribution in [0.15, 0.2) is 47.5 Å². The van der Waals surface area contributed by atoms with Crippen molar-refractivity contribution in [3.05, 3.63) is 70.3 Å². The van der Waals surface area contributed by atoms with Crippen LogP contribution in [0.25, 0.3) is 0 Å². The fraction of sp³-hybridized carbons (Fsp3) is 0.333. The predicted molar refractivity (Wildman–Crippen MR) is 108 cm³/mol. The van der Waals surface area contributed by atoms with E-state index in [0.717, 1.165) is 24.5 Å². The van der Waals surface area contributed by atoms with E-state index in [0.29, 0.717) is 12.1 Å². The molecule has 26 heavy (non-hydrogen) atoms. The van der Waals surface area contributed by atoms with Gasteiger partial charge in [0.25, 0.3) is 5.91 Å². The van der Waals surface area contributed by atoms with Crippen molar-refractivity contribution in [3.8, 4) is 0 Å². The maximum atomic E-state index is 11.6. The lowest BCUT2D eigenvalue weighted by molar-refractivity contribution is 0.0963. The van der Waals surface area contributed by atoms with E-state index in [2.05, 4.69) is 53.0 Å². The molecule has 0 aliphatic carbocycles. The Hall–Kier alpha value is -2.82. The van der Waals surface area contributed by atoms with Crippen LogP contribution in [-0.4, -0.2) is 32.5 Å².